The molecule has 1 aliphatic rings. The molecule has 30 heavy (non-hydrogen) atoms. The predicted molar refractivity (Wildman–Crippen MR) is 117 cm³/mol. The van der Waals surface area contributed by atoms with Crippen LogP contribution in [0.4, 0.5) is 16.2 Å². The van der Waals surface area contributed by atoms with Crippen LogP contribution in [0.2, 0.25) is 0 Å². The van der Waals surface area contributed by atoms with Crippen molar-refractivity contribution in [3.05, 3.63) is 53.0 Å². The van der Waals surface area contributed by atoms with Crippen LogP contribution < -0.4 is 10.6 Å². The van der Waals surface area contributed by atoms with Gasteiger partial charge in [-0.25, -0.2) is 13.2 Å². The van der Waals surface area contributed by atoms with Crippen molar-refractivity contribution in [3.8, 4) is 0 Å². The number of ether oxygens (including phenoxy) is 1. The van der Waals surface area contributed by atoms with Gasteiger partial charge in [-0.05, 0) is 65.2 Å². The minimum Gasteiger partial charge on any atom is -0.453 e. The Morgan fingerprint density at radius 1 is 1.10 bits per heavy atom. The van der Waals surface area contributed by atoms with Gasteiger partial charge in [-0.2, -0.15) is 4.31 Å². The maximum Gasteiger partial charge on any atom is 0.411 e. The molecule has 1 fully saturated rings. The topological polar surface area (TPSA) is 105 Å². The fourth-order valence-electron chi connectivity index (χ4n) is 3.20. The number of para-hydroxylation sites is 1. The highest BCUT2D eigenvalue weighted by Gasteiger charge is 2.33. The Morgan fingerprint density at radius 3 is 2.47 bits per heavy atom. The number of carbonyl (C=O) groups excluding carboxylic acids is 2. The van der Waals surface area contributed by atoms with E-state index in [0.717, 1.165) is 4.47 Å². The van der Waals surface area contributed by atoms with Gasteiger partial charge in [-0.1, -0.05) is 12.1 Å². The maximum atomic E-state index is 13.0. The molecule has 3 rings (SSSR count). The highest BCUT2D eigenvalue weighted by atomic mass is 79.9. The quantitative estimate of drug-likeness (QED) is 0.658. The average Bonchev–Trinajstić information content (AvgIpc) is 2.75. The zero-order valence-electron chi connectivity index (χ0n) is 16.3. The van der Waals surface area contributed by atoms with Crippen molar-refractivity contribution in [2.24, 2.45) is 5.92 Å². The van der Waals surface area contributed by atoms with Gasteiger partial charge in [-0.15, -0.1) is 0 Å². The van der Waals surface area contributed by atoms with Crippen LogP contribution in [0.1, 0.15) is 12.8 Å². The Bertz CT molecular complexity index is 1030. The third-order valence-electron chi connectivity index (χ3n) is 4.81. The molecule has 2 aromatic rings. The molecule has 0 aromatic heterocycles. The first-order valence-corrected chi connectivity index (χ1v) is 11.5. The zero-order valence-corrected chi connectivity index (χ0v) is 18.7. The second-order valence-corrected chi connectivity index (χ2v) is 9.60. The lowest BCUT2D eigenvalue weighted by Crippen LogP contribution is -2.43. The molecule has 2 aromatic carbocycles. The smallest absolute Gasteiger partial charge is 0.411 e. The van der Waals surface area contributed by atoms with Gasteiger partial charge in [0.2, 0.25) is 15.9 Å². The Labute approximate surface area is 183 Å². The summed E-state index contributed by atoms with van der Waals surface area (Å²) < 4.78 is 32.7. The molecule has 1 atom stereocenters. The summed E-state index contributed by atoms with van der Waals surface area (Å²) in [6.45, 7) is 0.462. The highest BCUT2D eigenvalue weighted by molar-refractivity contribution is 9.10. The van der Waals surface area contributed by atoms with Crippen molar-refractivity contribution in [2.75, 3.05) is 30.8 Å². The lowest BCUT2D eigenvalue weighted by molar-refractivity contribution is -0.120. The molecule has 8 nitrogen and oxygen atoms in total. The number of methoxy groups -OCH3 is 1. The number of piperidine rings is 1. The first-order valence-electron chi connectivity index (χ1n) is 9.32. The zero-order chi connectivity index (χ0) is 21.7. The van der Waals surface area contributed by atoms with E-state index < -0.39 is 22.0 Å². The predicted octanol–water partition coefficient (Wildman–Crippen LogP) is 3.67. The second kappa shape index (κ2) is 9.59. The number of hydrogen-bond donors (Lipinski definition) is 2. The molecular formula is C20H22BrN3O5S. The molecule has 2 N–H and O–H groups in total. The summed E-state index contributed by atoms with van der Waals surface area (Å²) in [6.07, 6.45) is 0.570. The Hall–Kier alpha value is -2.43. The van der Waals surface area contributed by atoms with Gasteiger partial charge >= 0.3 is 6.09 Å². The van der Waals surface area contributed by atoms with E-state index in [1.165, 1.54) is 35.7 Å². The molecule has 2 amide bonds. The Morgan fingerprint density at radius 2 is 1.80 bits per heavy atom. The Kier molecular flexibility index (Phi) is 7.11. The average molecular weight is 496 g/mol. The van der Waals surface area contributed by atoms with E-state index in [1.807, 2.05) is 18.2 Å². The molecule has 10 heteroatoms. The number of rotatable bonds is 5. The highest BCUT2D eigenvalue weighted by Crippen LogP contribution is 2.27. The van der Waals surface area contributed by atoms with E-state index in [-0.39, 0.29) is 17.3 Å². The van der Waals surface area contributed by atoms with Crippen molar-refractivity contribution in [3.63, 3.8) is 0 Å². The fraction of sp³-hybridized carbons (Fsp3) is 0.300. The standard InChI is InChI=1S/C20H22BrN3O5S/c1-29-20(26)22-15-8-10-16(11-9-15)30(27,28)24-12-4-5-14(13-24)19(25)23-18-7-3-2-6-17(18)21/h2-3,6-11,14H,4-5,12-13H2,1H3,(H,22,26)(H,23,25). The van der Waals surface area contributed by atoms with Crippen LogP contribution in [0.25, 0.3) is 0 Å². The first kappa shape index (κ1) is 22.3. The van der Waals surface area contributed by atoms with Gasteiger partial charge in [-0.3, -0.25) is 10.1 Å². The van der Waals surface area contributed by atoms with Crippen LogP contribution in [0, 0.1) is 5.92 Å². The molecule has 0 aliphatic carbocycles. The molecule has 0 saturated carbocycles. The molecular weight excluding hydrogens is 474 g/mol. The van der Waals surface area contributed by atoms with Crippen LogP contribution in [-0.4, -0.2) is 44.9 Å². The number of benzene rings is 2. The molecule has 1 unspecified atom stereocenters. The lowest BCUT2D eigenvalue weighted by atomic mass is 9.99. The van der Waals surface area contributed by atoms with Crippen molar-refractivity contribution in [1.29, 1.82) is 0 Å². The van der Waals surface area contributed by atoms with Crippen LogP contribution in [0.5, 0.6) is 0 Å². The van der Waals surface area contributed by atoms with Crippen molar-refractivity contribution in [2.45, 2.75) is 17.7 Å². The summed E-state index contributed by atoms with van der Waals surface area (Å²) in [5.74, 6) is -0.652. The molecule has 0 spiro atoms. The van der Waals surface area contributed by atoms with Gasteiger partial charge in [0.1, 0.15) is 0 Å². The number of sulfonamides is 1. The van der Waals surface area contributed by atoms with Gasteiger partial charge in [0, 0.05) is 23.2 Å². The monoisotopic (exact) mass is 495 g/mol. The summed E-state index contributed by atoms with van der Waals surface area (Å²) in [7, 11) is -2.52. The van der Waals surface area contributed by atoms with E-state index in [0.29, 0.717) is 30.8 Å². The minimum atomic E-state index is -3.76. The molecule has 0 radical (unpaired) electrons. The number of anilines is 2. The summed E-state index contributed by atoms with van der Waals surface area (Å²) in [5.41, 5.74) is 1.07. The summed E-state index contributed by atoms with van der Waals surface area (Å²) in [5, 5.41) is 5.34. The molecule has 1 saturated heterocycles. The molecule has 160 valence electrons. The number of nitrogens with one attached hydrogen (secondary N) is 2. The van der Waals surface area contributed by atoms with Crippen LogP contribution in [0.3, 0.4) is 0 Å². The van der Waals surface area contributed by atoms with E-state index in [4.69, 9.17) is 0 Å². The van der Waals surface area contributed by atoms with Crippen LogP contribution in [0.15, 0.2) is 57.9 Å². The molecule has 1 aliphatic heterocycles. The molecule has 1 heterocycles. The summed E-state index contributed by atoms with van der Waals surface area (Å²) in [6, 6.07) is 13.1. The lowest BCUT2D eigenvalue weighted by Gasteiger charge is -2.31. The third-order valence-corrected chi connectivity index (χ3v) is 7.38. The molecule has 0 bridgehead atoms. The number of halogens is 1. The maximum absolute atomic E-state index is 13.0. The van der Waals surface area contributed by atoms with Gasteiger partial charge in [0.15, 0.2) is 0 Å². The van der Waals surface area contributed by atoms with Crippen molar-refractivity contribution in [1.82, 2.24) is 4.31 Å². The largest absolute Gasteiger partial charge is 0.453 e. The Balaban J connectivity index is 1.70. The normalized spacial score (nSPS) is 17.2. The number of amides is 2. The van der Waals surface area contributed by atoms with Crippen LogP contribution in [-0.2, 0) is 19.6 Å². The number of nitrogens with zero attached hydrogens (tertiary/aromatic N) is 1. The van der Waals surface area contributed by atoms with Gasteiger partial charge in [0.25, 0.3) is 0 Å². The van der Waals surface area contributed by atoms with Crippen molar-refractivity contribution >= 4 is 49.3 Å². The SMILES string of the molecule is COC(=O)Nc1ccc(S(=O)(=O)N2CCCC(C(=O)Nc3ccccc3Br)C2)cc1. The summed E-state index contributed by atoms with van der Waals surface area (Å²) >= 11 is 3.39. The van der Waals surface area contributed by atoms with Crippen molar-refractivity contribution < 1.29 is 22.7 Å². The third kappa shape index (κ3) is 5.18. The van der Waals surface area contributed by atoms with E-state index in [9.17, 15) is 18.0 Å². The van der Waals surface area contributed by atoms with Gasteiger partial charge < -0.3 is 10.1 Å². The fourth-order valence-corrected chi connectivity index (χ4v) is 5.11. The minimum absolute atomic E-state index is 0.102. The van der Waals surface area contributed by atoms with Gasteiger partial charge in [0.05, 0.1) is 23.6 Å². The van der Waals surface area contributed by atoms with E-state index in [2.05, 4.69) is 31.3 Å². The number of hydrogen-bond acceptors (Lipinski definition) is 5. The first-order chi connectivity index (χ1) is 14.3. The van der Waals surface area contributed by atoms with E-state index in [1.54, 1.807) is 6.07 Å². The second-order valence-electron chi connectivity index (χ2n) is 6.81. The van der Waals surface area contributed by atoms with E-state index >= 15 is 0 Å². The number of carbonyl (C=O) groups is 2. The summed E-state index contributed by atoms with van der Waals surface area (Å²) in [4.78, 5) is 24.1. The van der Waals surface area contributed by atoms with Crippen LogP contribution >= 0.6 is 15.9 Å².